The molecule has 0 aliphatic rings. The quantitative estimate of drug-likeness (QED) is 0.128. The molecule has 0 atom stereocenters. The fourth-order valence-corrected chi connectivity index (χ4v) is 23.1. The van der Waals surface area contributed by atoms with Crippen molar-refractivity contribution in [3.63, 3.8) is 0 Å². The Morgan fingerprint density at radius 3 is 0.788 bits per heavy atom. The van der Waals surface area contributed by atoms with Crippen LogP contribution in [-0.2, 0) is 5.41 Å². The van der Waals surface area contributed by atoms with Crippen molar-refractivity contribution in [2.45, 2.75) is 26.2 Å². The van der Waals surface area contributed by atoms with Crippen molar-refractivity contribution in [1.29, 1.82) is 0 Å². The lowest BCUT2D eigenvalue weighted by Crippen LogP contribution is -2.10. The fraction of sp³-hybridized carbons (Fsp3) is 0.0278. The summed E-state index contributed by atoms with van der Waals surface area (Å²) in [5.41, 5.74) is 30.1. The summed E-state index contributed by atoms with van der Waals surface area (Å²) >= 11 is 0. The first-order valence-electron chi connectivity index (χ1n) is 50.6. The van der Waals surface area contributed by atoms with E-state index < -0.39 is 0 Å². The van der Waals surface area contributed by atoms with Crippen molar-refractivity contribution in [1.82, 2.24) is 0 Å². The molecule has 2 aromatic heterocycles. The molecular weight excluding hydrogens is 1760 g/mol. The topological polar surface area (TPSA) is 26.3 Å². The molecule has 29 aromatic rings. The van der Waals surface area contributed by atoms with Crippen LogP contribution in [0.5, 0.6) is 0 Å². The van der Waals surface area contributed by atoms with E-state index in [0.29, 0.717) is 0 Å². The molecule has 0 spiro atoms. The van der Waals surface area contributed by atoms with Crippen molar-refractivity contribution in [3.8, 4) is 111 Å². The predicted octanol–water partition coefficient (Wildman–Crippen LogP) is 41.2. The van der Waals surface area contributed by atoms with E-state index in [0.717, 1.165) is 55.0 Å². The number of fused-ring (bicyclic) bond motifs is 17. The van der Waals surface area contributed by atoms with Gasteiger partial charge in [0.15, 0.2) is 0 Å². The molecule has 0 bridgehead atoms. The number of hydrogen-bond acceptors (Lipinski definition) is 2. The summed E-state index contributed by atoms with van der Waals surface area (Å²) in [5, 5.41) is 32.5. The van der Waals surface area contributed by atoms with Crippen LogP contribution < -0.4 is 0 Å². The van der Waals surface area contributed by atoms with Gasteiger partial charge in [0, 0.05) is 43.8 Å². The molecule has 0 unspecified atom stereocenters. The lowest BCUT2D eigenvalue weighted by Gasteiger charge is -2.23. The van der Waals surface area contributed by atoms with Gasteiger partial charge < -0.3 is 8.83 Å². The van der Waals surface area contributed by atoms with Crippen molar-refractivity contribution >= 4 is 162 Å². The maximum atomic E-state index is 6.51. The SMILES string of the molecule is CC(C)(C)c1ccc2c(-c3cccc4ccccc34)c3ccccc3c(-c3ccccc3)c2c1.c1ccc(-c2c3ccccc3c(-c3cccc4c3oc3ccccc34)c3ccccc23)cc1.c1ccc(-c2ccc(-c3c4ccccc4c(-c4cccc(-c5ccc6ccccc6c5)c4)c4ccccc34)cc2)cc1.c1ccc2c(-c3c4ccccc4c(-c4cccc5c4oc4ccccc45)c4ccccc34)cccc2c1. The fourth-order valence-electron chi connectivity index (χ4n) is 23.1. The third-order valence-electron chi connectivity index (χ3n) is 29.8. The zero-order valence-corrected chi connectivity index (χ0v) is 81.2. The second kappa shape index (κ2) is 37.1. The van der Waals surface area contributed by atoms with Crippen LogP contribution in [-0.4, -0.2) is 0 Å². The van der Waals surface area contributed by atoms with E-state index >= 15 is 0 Å². The van der Waals surface area contributed by atoms with Crippen LogP contribution in [0.3, 0.4) is 0 Å². The van der Waals surface area contributed by atoms with Gasteiger partial charge in [-0.05, 0) is 249 Å². The van der Waals surface area contributed by atoms with E-state index in [1.807, 2.05) is 18.2 Å². The average molecular weight is 1860 g/mol. The standard InChI is InChI=1S/C42H28.C36H22O.C34H28.C32H20O/c1-2-11-29(12-3-1)31-21-24-32(25-22-31)41-37-17-6-8-19-39(37)42(40-20-9-7-18-38(40)41)36-16-10-15-34(28-36)35-26-23-30-13-4-5-14-33(30)27-35;1-2-13-24-23(11-1)12-9-19-26(24)34-27-15-3-5-17-29(27)35(30-18-6-4-16-28(30)34)32-21-10-20-31-25-14-7-8-22-33(25)37-36(31)32;1-34(2,3)25-20-21-30-31(22-25)32(24-13-5-4-6-14-24)28-17-9-10-18-29(28)33(30)27-19-11-15-23-12-7-8-16-26(23)27;1-2-11-21(12-3-1)30-23-14-4-6-16-25(23)31(26-17-7-5-15-24(26)30)28-19-10-18-27-22-13-8-9-20-29(22)33-32(27)28/h1-28H;1-22H;4-22H,1-3H3;1-20H. The number of benzene rings is 27. The molecule has 0 aliphatic heterocycles. The molecule has 29 rings (SSSR count). The largest absolute Gasteiger partial charge is 0.455 e. The van der Waals surface area contributed by atoms with Gasteiger partial charge in [-0.25, -0.2) is 0 Å². The smallest absolute Gasteiger partial charge is 0.143 e. The highest BCUT2D eigenvalue weighted by atomic mass is 16.3. The molecule has 0 fully saturated rings. The summed E-state index contributed by atoms with van der Waals surface area (Å²) in [4.78, 5) is 0. The van der Waals surface area contributed by atoms with E-state index in [1.54, 1.807) is 0 Å². The normalized spacial score (nSPS) is 11.7. The first kappa shape index (κ1) is 87.6. The van der Waals surface area contributed by atoms with Gasteiger partial charge in [0.25, 0.3) is 0 Å². The molecular formula is C144H98O2. The third kappa shape index (κ3) is 15.5. The number of rotatable bonds is 10. The van der Waals surface area contributed by atoms with Crippen LogP contribution in [0.15, 0.2) is 549 Å². The number of furan rings is 2. The van der Waals surface area contributed by atoms with Crippen LogP contribution in [0.25, 0.3) is 274 Å². The molecule has 27 aromatic carbocycles. The highest BCUT2D eigenvalue weighted by Crippen LogP contribution is 2.53. The minimum absolute atomic E-state index is 0.0768. The van der Waals surface area contributed by atoms with Crippen molar-refractivity contribution in [2.24, 2.45) is 0 Å². The molecule has 2 heterocycles. The van der Waals surface area contributed by atoms with Crippen LogP contribution in [0.1, 0.15) is 26.3 Å². The molecule has 0 radical (unpaired) electrons. The molecule has 2 heteroatoms. The van der Waals surface area contributed by atoms with Gasteiger partial charge in [0.05, 0.1) is 0 Å². The van der Waals surface area contributed by atoms with Gasteiger partial charge in [0.2, 0.25) is 0 Å². The summed E-state index contributed by atoms with van der Waals surface area (Å²) in [6, 6.07) is 195. The Balaban J connectivity index is 0.0000000993. The summed E-state index contributed by atoms with van der Waals surface area (Å²) < 4.78 is 13.0. The Bertz CT molecular complexity index is 9980. The maximum Gasteiger partial charge on any atom is 0.143 e. The molecule has 0 saturated heterocycles. The summed E-state index contributed by atoms with van der Waals surface area (Å²) in [6.07, 6.45) is 0. The van der Waals surface area contributed by atoms with Crippen molar-refractivity contribution in [2.75, 3.05) is 0 Å². The van der Waals surface area contributed by atoms with E-state index in [-0.39, 0.29) is 5.41 Å². The van der Waals surface area contributed by atoms with Crippen LogP contribution in [0, 0.1) is 0 Å². The Morgan fingerprint density at radius 2 is 0.377 bits per heavy atom. The van der Waals surface area contributed by atoms with Crippen molar-refractivity contribution in [3.05, 3.63) is 545 Å². The average Bonchev–Trinajstić information content (AvgIpc) is 0.961. The predicted molar refractivity (Wildman–Crippen MR) is 626 cm³/mol. The van der Waals surface area contributed by atoms with E-state index in [1.165, 1.54) is 224 Å². The highest BCUT2D eigenvalue weighted by molar-refractivity contribution is 6.29. The Kier molecular flexibility index (Phi) is 22.3. The third-order valence-corrected chi connectivity index (χ3v) is 29.8. The molecule has 0 aliphatic carbocycles. The van der Waals surface area contributed by atoms with Gasteiger partial charge in [-0.2, -0.15) is 0 Å². The first-order valence-corrected chi connectivity index (χ1v) is 50.6. The van der Waals surface area contributed by atoms with Gasteiger partial charge in [-0.15, -0.1) is 0 Å². The molecule has 2 nitrogen and oxygen atoms in total. The van der Waals surface area contributed by atoms with Gasteiger partial charge in [0.1, 0.15) is 22.3 Å². The van der Waals surface area contributed by atoms with Gasteiger partial charge in [-0.3, -0.25) is 0 Å². The molecule has 686 valence electrons. The highest BCUT2D eigenvalue weighted by Gasteiger charge is 2.27. The molecule has 0 saturated carbocycles. The molecule has 0 amide bonds. The molecule has 146 heavy (non-hydrogen) atoms. The molecule has 0 N–H and O–H groups in total. The number of para-hydroxylation sites is 4. The zero-order chi connectivity index (χ0) is 97.3. The summed E-state index contributed by atoms with van der Waals surface area (Å²) in [6.45, 7) is 6.88. The van der Waals surface area contributed by atoms with Crippen LogP contribution >= 0.6 is 0 Å². The van der Waals surface area contributed by atoms with E-state index in [9.17, 15) is 0 Å². The number of hydrogen-bond donors (Lipinski definition) is 0. The second-order valence-electron chi connectivity index (χ2n) is 39.3. The second-order valence-corrected chi connectivity index (χ2v) is 39.3. The van der Waals surface area contributed by atoms with Gasteiger partial charge >= 0.3 is 0 Å². The maximum absolute atomic E-state index is 6.51. The van der Waals surface area contributed by atoms with E-state index in [2.05, 4.69) is 542 Å². The summed E-state index contributed by atoms with van der Waals surface area (Å²) in [5.74, 6) is 0. The lowest BCUT2D eigenvalue weighted by atomic mass is 9.81. The summed E-state index contributed by atoms with van der Waals surface area (Å²) in [7, 11) is 0. The first-order chi connectivity index (χ1) is 72.1. The van der Waals surface area contributed by atoms with E-state index in [4.69, 9.17) is 8.83 Å². The van der Waals surface area contributed by atoms with Gasteiger partial charge in [-0.1, -0.05) is 530 Å². The minimum Gasteiger partial charge on any atom is -0.455 e. The lowest BCUT2D eigenvalue weighted by molar-refractivity contribution is 0.591. The Labute approximate surface area is 847 Å². The Hall–Kier alpha value is -18.6. The van der Waals surface area contributed by atoms with Crippen LogP contribution in [0.4, 0.5) is 0 Å². The minimum atomic E-state index is 0.0768. The van der Waals surface area contributed by atoms with Crippen molar-refractivity contribution < 1.29 is 8.83 Å². The Morgan fingerprint density at radius 1 is 0.130 bits per heavy atom. The zero-order valence-electron chi connectivity index (χ0n) is 81.2. The monoisotopic (exact) mass is 1860 g/mol. The van der Waals surface area contributed by atoms with Crippen LogP contribution in [0.2, 0.25) is 0 Å².